The first-order valence-electron chi connectivity index (χ1n) is 13.7. The fourth-order valence-corrected chi connectivity index (χ4v) is 8.72. The SMILES string of the molecule is CCCCOCC(=O)Nc1cccc(-c2ccc([C@@]3(CC(=O)NOC4CCCCO4)CCCCS3(=O)=O)s2)c1. The molecule has 0 saturated carbocycles. The van der Waals surface area contributed by atoms with Gasteiger partial charge in [0.1, 0.15) is 11.4 Å². The van der Waals surface area contributed by atoms with Gasteiger partial charge in [-0.2, -0.15) is 0 Å². The molecule has 214 valence electrons. The molecular weight excluding hydrogens is 540 g/mol. The van der Waals surface area contributed by atoms with Gasteiger partial charge in [-0.3, -0.25) is 9.59 Å². The summed E-state index contributed by atoms with van der Waals surface area (Å²) in [7, 11) is -3.59. The molecule has 1 aromatic heterocycles. The molecule has 39 heavy (non-hydrogen) atoms. The smallest absolute Gasteiger partial charge is 0.250 e. The zero-order chi connectivity index (χ0) is 27.7. The average molecular weight is 579 g/mol. The van der Waals surface area contributed by atoms with E-state index >= 15 is 0 Å². The van der Waals surface area contributed by atoms with Crippen molar-refractivity contribution in [3.05, 3.63) is 41.3 Å². The number of hydrogen-bond donors (Lipinski definition) is 2. The number of carbonyl (C=O) groups excluding carboxylic acids is 2. The number of thiophene rings is 1. The predicted octanol–water partition coefficient (Wildman–Crippen LogP) is 4.93. The Kier molecular flexibility index (Phi) is 10.5. The van der Waals surface area contributed by atoms with Crippen LogP contribution in [0.25, 0.3) is 10.4 Å². The molecule has 2 aromatic rings. The highest BCUT2D eigenvalue weighted by Gasteiger charge is 2.49. The van der Waals surface area contributed by atoms with Crippen LogP contribution in [0.5, 0.6) is 0 Å². The number of amides is 2. The summed E-state index contributed by atoms with van der Waals surface area (Å²) in [6, 6.07) is 11.1. The quantitative estimate of drug-likeness (QED) is 0.271. The molecule has 0 spiro atoms. The Morgan fingerprint density at radius 1 is 1.13 bits per heavy atom. The lowest BCUT2D eigenvalue weighted by Gasteiger charge is -2.35. The topological polar surface area (TPSA) is 120 Å². The van der Waals surface area contributed by atoms with Gasteiger partial charge in [0.25, 0.3) is 0 Å². The van der Waals surface area contributed by atoms with Crippen LogP contribution in [0.1, 0.15) is 69.6 Å². The molecule has 3 heterocycles. The number of nitrogens with one attached hydrogen (secondary N) is 2. The summed E-state index contributed by atoms with van der Waals surface area (Å²) in [6.07, 6.45) is 5.45. The van der Waals surface area contributed by atoms with Gasteiger partial charge in [0.05, 0.1) is 12.2 Å². The summed E-state index contributed by atoms with van der Waals surface area (Å²) in [4.78, 5) is 32.1. The van der Waals surface area contributed by atoms with E-state index in [-0.39, 0.29) is 24.7 Å². The van der Waals surface area contributed by atoms with Crippen LogP contribution in [0, 0.1) is 0 Å². The molecule has 2 aliphatic heterocycles. The van der Waals surface area contributed by atoms with E-state index in [0.29, 0.717) is 49.5 Å². The third-order valence-corrected chi connectivity index (χ3v) is 11.1. The minimum Gasteiger partial charge on any atom is -0.372 e. The Morgan fingerprint density at radius 3 is 2.77 bits per heavy atom. The maximum Gasteiger partial charge on any atom is 0.250 e. The van der Waals surface area contributed by atoms with Crippen molar-refractivity contribution in [3.8, 4) is 10.4 Å². The van der Waals surface area contributed by atoms with Gasteiger partial charge in [0, 0.05) is 35.1 Å². The van der Waals surface area contributed by atoms with Crippen molar-refractivity contribution >= 4 is 38.7 Å². The monoisotopic (exact) mass is 578 g/mol. The van der Waals surface area contributed by atoms with Crippen LogP contribution in [0.15, 0.2) is 36.4 Å². The van der Waals surface area contributed by atoms with Crippen LogP contribution in [0.4, 0.5) is 5.69 Å². The Bertz CT molecular complexity index is 1220. The number of sulfone groups is 1. The summed E-state index contributed by atoms with van der Waals surface area (Å²) < 4.78 is 36.6. The van der Waals surface area contributed by atoms with E-state index in [4.69, 9.17) is 14.3 Å². The van der Waals surface area contributed by atoms with Gasteiger partial charge in [-0.25, -0.2) is 18.7 Å². The third kappa shape index (κ3) is 7.67. The molecule has 2 N–H and O–H groups in total. The number of ether oxygens (including phenoxy) is 2. The third-order valence-electron chi connectivity index (χ3n) is 7.09. The molecule has 4 rings (SSSR count). The lowest BCUT2D eigenvalue weighted by Crippen LogP contribution is -2.45. The maximum absolute atomic E-state index is 13.5. The number of rotatable bonds is 12. The number of benzene rings is 1. The van der Waals surface area contributed by atoms with Gasteiger partial charge >= 0.3 is 0 Å². The van der Waals surface area contributed by atoms with Crippen LogP contribution in [-0.4, -0.2) is 52.1 Å². The number of hydroxylamine groups is 1. The van der Waals surface area contributed by atoms with E-state index in [1.165, 1.54) is 11.3 Å². The Hall–Kier alpha value is -2.31. The molecule has 9 nitrogen and oxygen atoms in total. The minimum atomic E-state index is -3.59. The Morgan fingerprint density at radius 2 is 2.00 bits per heavy atom. The minimum absolute atomic E-state index is 0.00753. The van der Waals surface area contributed by atoms with Gasteiger partial charge in [-0.15, -0.1) is 11.3 Å². The maximum atomic E-state index is 13.5. The molecule has 1 unspecified atom stereocenters. The Labute approximate surface area is 234 Å². The lowest BCUT2D eigenvalue weighted by atomic mass is 9.94. The van der Waals surface area contributed by atoms with Gasteiger partial charge in [0.15, 0.2) is 16.1 Å². The summed E-state index contributed by atoms with van der Waals surface area (Å²) in [6.45, 7) is 3.18. The second-order valence-corrected chi connectivity index (χ2v) is 13.6. The van der Waals surface area contributed by atoms with Crippen LogP contribution in [0.3, 0.4) is 0 Å². The standard InChI is InChI=1S/C28H38N2O7S2/c1-2-3-15-35-20-26(32)29-22-10-8-9-21(18-22)23-12-13-24(38-23)28(14-5-7-17-39(28,33)34)19-25(31)30-37-27-11-4-6-16-36-27/h8-10,12-13,18,27H,2-7,11,14-17,19-20H2,1H3,(H,29,32)(H,30,31)/t27?,28-/m0/s1. The van der Waals surface area contributed by atoms with E-state index in [1.54, 1.807) is 6.07 Å². The van der Waals surface area contributed by atoms with E-state index in [0.717, 1.165) is 36.1 Å². The highest BCUT2D eigenvalue weighted by molar-refractivity contribution is 7.92. The van der Waals surface area contributed by atoms with Crippen molar-refractivity contribution in [3.63, 3.8) is 0 Å². The largest absolute Gasteiger partial charge is 0.372 e. The van der Waals surface area contributed by atoms with Crippen molar-refractivity contribution in [2.75, 3.05) is 30.9 Å². The van der Waals surface area contributed by atoms with Crippen molar-refractivity contribution in [1.82, 2.24) is 5.48 Å². The van der Waals surface area contributed by atoms with Crippen LogP contribution >= 0.6 is 11.3 Å². The fraction of sp³-hybridized carbons (Fsp3) is 0.571. The van der Waals surface area contributed by atoms with Gasteiger partial charge in [-0.1, -0.05) is 31.9 Å². The molecule has 2 aliphatic rings. The second kappa shape index (κ2) is 13.8. The number of unbranched alkanes of at least 4 members (excludes halogenated alkanes) is 1. The molecule has 1 aromatic carbocycles. The molecular formula is C28H38N2O7S2. The number of carbonyl (C=O) groups is 2. The van der Waals surface area contributed by atoms with Crippen molar-refractivity contribution in [2.24, 2.45) is 0 Å². The fourth-order valence-electron chi connectivity index (χ4n) is 4.94. The molecule has 2 amide bonds. The van der Waals surface area contributed by atoms with E-state index in [1.807, 2.05) is 30.3 Å². The highest BCUT2D eigenvalue weighted by atomic mass is 32.2. The van der Waals surface area contributed by atoms with Crippen molar-refractivity contribution < 1.29 is 32.3 Å². The molecule has 2 saturated heterocycles. The van der Waals surface area contributed by atoms with Crippen LogP contribution < -0.4 is 10.8 Å². The normalized spacial score (nSPS) is 22.7. The van der Waals surface area contributed by atoms with Crippen LogP contribution in [0.2, 0.25) is 0 Å². The zero-order valence-corrected chi connectivity index (χ0v) is 24.0. The summed E-state index contributed by atoms with van der Waals surface area (Å²) in [5.41, 5.74) is 3.92. The molecule has 2 atom stereocenters. The first-order valence-corrected chi connectivity index (χ1v) is 16.2. The summed E-state index contributed by atoms with van der Waals surface area (Å²) in [5.74, 6) is -0.660. The number of hydrogen-bond acceptors (Lipinski definition) is 8. The summed E-state index contributed by atoms with van der Waals surface area (Å²) >= 11 is 1.37. The molecule has 11 heteroatoms. The van der Waals surface area contributed by atoms with Gasteiger partial charge < -0.3 is 14.8 Å². The average Bonchev–Trinajstić information content (AvgIpc) is 3.43. The van der Waals surface area contributed by atoms with Crippen molar-refractivity contribution in [2.45, 2.75) is 75.7 Å². The lowest BCUT2D eigenvalue weighted by molar-refractivity contribution is -0.200. The second-order valence-electron chi connectivity index (χ2n) is 10.1. The Balaban J connectivity index is 1.49. The van der Waals surface area contributed by atoms with Crippen LogP contribution in [-0.2, 0) is 38.5 Å². The predicted molar refractivity (Wildman–Crippen MR) is 151 cm³/mol. The molecule has 0 radical (unpaired) electrons. The highest BCUT2D eigenvalue weighted by Crippen LogP contribution is 2.47. The first-order chi connectivity index (χ1) is 18.8. The summed E-state index contributed by atoms with van der Waals surface area (Å²) in [5, 5.41) is 2.85. The molecule has 0 bridgehead atoms. The van der Waals surface area contributed by atoms with E-state index in [2.05, 4.69) is 17.7 Å². The van der Waals surface area contributed by atoms with E-state index < -0.39 is 26.8 Å². The zero-order valence-electron chi connectivity index (χ0n) is 22.4. The number of anilines is 1. The van der Waals surface area contributed by atoms with Gasteiger partial charge in [0.2, 0.25) is 11.8 Å². The van der Waals surface area contributed by atoms with E-state index in [9.17, 15) is 18.0 Å². The van der Waals surface area contributed by atoms with Gasteiger partial charge in [-0.05, 0) is 61.9 Å². The van der Waals surface area contributed by atoms with Crippen molar-refractivity contribution in [1.29, 1.82) is 0 Å². The molecule has 2 fully saturated rings. The molecule has 0 aliphatic carbocycles. The first kappa shape index (κ1) is 29.7.